The molecule has 3 N–H and O–H groups in total. The van der Waals surface area contributed by atoms with Crippen LogP contribution in [-0.2, 0) is 4.74 Å². The fourth-order valence-electron chi connectivity index (χ4n) is 1.06. The Morgan fingerprint density at radius 2 is 2.00 bits per heavy atom. The van der Waals surface area contributed by atoms with Crippen molar-refractivity contribution in [2.45, 2.75) is 18.9 Å². The molecular formula is C10H25N3O. The van der Waals surface area contributed by atoms with Crippen molar-refractivity contribution in [2.24, 2.45) is 5.73 Å². The first kappa shape index (κ1) is 13.8. The Bertz CT molecular complexity index is 120. The van der Waals surface area contributed by atoms with Crippen molar-refractivity contribution >= 4 is 0 Å². The van der Waals surface area contributed by atoms with Gasteiger partial charge in [0.1, 0.15) is 0 Å². The molecule has 0 spiro atoms. The van der Waals surface area contributed by atoms with Gasteiger partial charge in [-0.1, -0.05) is 0 Å². The molecular weight excluding hydrogens is 178 g/mol. The second kappa shape index (κ2) is 9.40. The molecule has 0 radical (unpaired) electrons. The molecule has 1 unspecified atom stereocenters. The predicted molar refractivity (Wildman–Crippen MR) is 60.5 cm³/mol. The second-order valence-electron chi connectivity index (χ2n) is 3.86. The molecule has 0 aromatic heterocycles. The molecule has 0 saturated carbocycles. The zero-order valence-electron chi connectivity index (χ0n) is 9.75. The summed E-state index contributed by atoms with van der Waals surface area (Å²) in [5, 5.41) is 3.09. The molecule has 0 bridgehead atoms. The van der Waals surface area contributed by atoms with Crippen LogP contribution >= 0.6 is 0 Å². The number of nitrogens with one attached hydrogen (secondary N) is 1. The average Bonchev–Trinajstić information content (AvgIpc) is 2.13. The van der Waals surface area contributed by atoms with Crippen LogP contribution in [0.25, 0.3) is 0 Å². The predicted octanol–water partition coefficient (Wildman–Crippen LogP) is -0.108. The van der Waals surface area contributed by atoms with Crippen LogP contribution in [0.15, 0.2) is 0 Å². The molecule has 4 heteroatoms. The first-order chi connectivity index (χ1) is 6.66. The molecule has 0 saturated heterocycles. The van der Waals surface area contributed by atoms with E-state index < -0.39 is 0 Å². The van der Waals surface area contributed by atoms with Crippen molar-refractivity contribution in [2.75, 3.05) is 47.4 Å². The first-order valence-corrected chi connectivity index (χ1v) is 5.29. The molecule has 4 nitrogen and oxygen atoms in total. The highest BCUT2D eigenvalue weighted by atomic mass is 16.5. The summed E-state index contributed by atoms with van der Waals surface area (Å²) in [5.74, 6) is 0. The lowest BCUT2D eigenvalue weighted by Gasteiger charge is -2.13. The Morgan fingerprint density at radius 1 is 1.29 bits per heavy atom. The van der Waals surface area contributed by atoms with Gasteiger partial charge in [-0.05, 0) is 40.5 Å². The molecule has 0 rings (SSSR count). The van der Waals surface area contributed by atoms with Gasteiger partial charge in [-0.3, -0.25) is 0 Å². The maximum atomic E-state index is 5.87. The first-order valence-electron chi connectivity index (χ1n) is 5.29. The summed E-state index contributed by atoms with van der Waals surface area (Å²) in [6, 6.07) is 0.266. The van der Waals surface area contributed by atoms with Gasteiger partial charge in [-0.15, -0.1) is 0 Å². The number of ether oxygens (including phenoxy) is 1. The molecule has 0 amide bonds. The summed E-state index contributed by atoms with van der Waals surface area (Å²) in [5.41, 5.74) is 5.87. The number of nitrogens with two attached hydrogens (primary N) is 1. The van der Waals surface area contributed by atoms with Gasteiger partial charge in [0.05, 0.1) is 6.61 Å². The summed E-state index contributed by atoms with van der Waals surface area (Å²) >= 11 is 0. The Kier molecular flexibility index (Phi) is 9.29. The summed E-state index contributed by atoms with van der Waals surface area (Å²) in [4.78, 5) is 2.11. The van der Waals surface area contributed by atoms with E-state index in [2.05, 4.69) is 10.2 Å². The van der Waals surface area contributed by atoms with Gasteiger partial charge in [0.25, 0.3) is 0 Å². The number of rotatable bonds is 9. The van der Waals surface area contributed by atoms with Crippen LogP contribution in [0.3, 0.4) is 0 Å². The lowest BCUT2D eigenvalue weighted by atomic mass is 10.1. The summed E-state index contributed by atoms with van der Waals surface area (Å²) in [7, 11) is 6.03. The van der Waals surface area contributed by atoms with Gasteiger partial charge in [-0.2, -0.15) is 0 Å². The maximum Gasteiger partial charge on any atom is 0.0593 e. The zero-order valence-corrected chi connectivity index (χ0v) is 9.75. The van der Waals surface area contributed by atoms with Gasteiger partial charge in [0.15, 0.2) is 0 Å². The van der Waals surface area contributed by atoms with Crippen LogP contribution in [0.2, 0.25) is 0 Å². The smallest absolute Gasteiger partial charge is 0.0593 e. The van der Waals surface area contributed by atoms with E-state index in [1.54, 1.807) is 0 Å². The lowest BCUT2D eigenvalue weighted by molar-refractivity contribution is 0.111. The quantitative estimate of drug-likeness (QED) is 0.514. The van der Waals surface area contributed by atoms with Crippen molar-refractivity contribution < 1.29 is 4.74 Å². The Hall–Kier alpha value is -0.160. The van der Waals surface area contributed by atoms with E-state index in [-0.39, 0.29) is 6.04 Å². The molecule has 14 heavy (non-hydrogen) atoms. The van der Waals surface area contributed by atoms with Crippen molar-refractivity contribution in [3.05, 3.63) is 0 Å². The van der Waals surface area contributed by atoms with E-state index >= 15 is 0 Å². The highest BCUT2D eigenvalue weighted by molar-refractivity contribution is 4.61. The molecule has 0 heterocycles. The van der Waals surface area contributed by atoms with Crippen LogP contribution < -0.4 is 11.1 Å². The Morgan fingerprint density at radius 3 is 2.57 bits per heavy atom. The third-order valence-corrected chi connectivity index (χ3v) is 2.08. The molecule has 0 aliphatic rings. The normalized spacial score (nSPS) is 13.5. The highest BCUT2D eigenvalue weighted by Crippen LogP contribution is 1.94. The minimum atomic E-state index is 0.266. The lowest BCUT2D eigenvalue weighted by Crippen LogP contribution is -2.27. The van der Waals surface area contributed by atoms with Crippen molar-refractivity contribution in [3.63, 3.8) is 0 Å². The van der Waals surface area contributed by atoms with E-state index in [4.69, 9.17) is 10.5 Å². The summed E-state index contributed by atoms with van der Waals surface area (Å²) < 4.78 is 5.45. The van der Waals surface area contributed by atoms with Crippen molar-refractivity contribution in [1.82, 2.24) is 10.2 Å². The molecule has 86 valence electrons. The standard InChI is InChI=1S/C10H25N3O/c1-12-6-4-10(11)5-8-14-9-7-13(2)3/h10,12H,4-9,11H2,1-3H3. The van der Waals surface area contributed by atoms with Gasteiger partial charge >= 0.3 is 0 Å². The number of hydrogen-bond acceptors (Lipinski definition) is 4. The van der Waals surface area contributed by atoms with Gasteiger partial charge < -0.3 is 20.7 Å². The fourth-order valence-corrected chi connectivity index (χ4v) is 1.06. The number of likely N-dealkylation sites (N-methyl/N-ethyl adjacent to an activating group) is 1. The second-order valence-corrected chi connectivity index (χ2v) is 3.86. The van der Waals surface area contributed by atoms with Crippen molar-refractivity contribution in [1.29, 1.82) is 0 Å². The summed E-state index contributed by atoms with van der Waals surface area (Å²) in [6.45, 7) is 3.54. The van der Waals surface area contributed by atoms with Crippen molar-refractivity contribution in [3.8, 4) is 0 Å². The van der Waals surface area contributed by atoms with E-state index in [1.807, 2.05) is 21.1 Å². The zero-order chi connectivity index (χ0) is 10.8. The average molecular weight is 203 g/mol. The van der Waals surface area contributed by atoms with Crippen LogP contribution in [-0.4, -0.2) is 58.4 Å². The van der Waals surface area contributed by atoms with Gasteiger partial charge in [-0.25, -0.2) is 0 Å². The molecule has 0 fully saturated rings. The van der Waals surface area contributed by atoms with E-state index in [0.717, 1.165) is 39.1 Å². The number of hydrogen-bond donors (Lipinski definition) is 2. The minimum absolute atomic E-state index is 0.266. The molecule has 0 aromatic rings. The molecule has 0 aliphatic heterocycles. The largest absolute Gasteiger partial charge is 0.380 e. The minimum Gasteiger partial charge on any atom is -0.380 e. The highest BCUT2D eigenvalue weighted by Gasteiger charge is 2.01. The third kappa shape index (κ3) is 9.92. The molecule has 1 atom stereocenters. The maximum absolute atomic E-state index is 5.87. The van der Waals surface area contributed by atoms with E-state index in [1.165, 1.54) is 0 Å². The molecule has 0 aliphatic carbocycles. The molecule has 0 aromatic carbocycles. The van der Waals surface area contributed by atoms with E-state index in [9.17, 15) is 0 Å². The van der Waals surface area contributed by atoms with Crippen LogP contribution in [0.1, 0.15) is 12.8 Å². The Labute approximate surface area is 87.8 Å². The third-order valence-electron chi connectivity index (χ3n) is 2.08. The number of nitrogens with zero attached hydrogens (tertiary/aromatic N) is 1. The van der Waals surface area contributed by atoms with Gasteiger partial charge in [0, 0.05) is 19.2 Å². The van der Waals surface area contributed by atoms with Crippen LogP contribution in [0.5, 0.6) is 0 Å². The monoisotopic (exact) mass is 203 g/mol. The fraction of sp³-hybridized carbons (Fsp3) is 1.00. The topological polar surface area (TPSA) is 50.5 Å². The van der Waals surface area contributed by atoms with Crippen LogP contribution in [0, 0.1) is 0 Å². The SMILES string of the molecule is CNCCC(N)CCOCCN(C)C. The van der Waals surface area contributed by atoms with Crippen LogP contribution in [0.4, 0.5) is 0 Å². The summed E-state index contributed by atoms with van der Waals surface area (Å²) in [6.07, 6.45) is 1.97. The van der Waals surface area contributed by atoms with E-state index in [0.29, 0.717) is 0 Å². The van der Waals surface area contributed by atoms with Gasteiger partial charge in [0.2, 0.25) is 0 Å². The Balaban J connectivity index is 3.10.